The maximum atomic E-state index is 12.8. The van der Waals surface area contributed by atoms with Gasteiger partial charge in [-0.1, -0.05) is 79.3 Å². The zero-order chi connectivity index (χ0) is 22.2. The van der Waals surface area contributed by atoms with Crippen molar-refractivity contribution in [3.05, 3.63) is 77.6 Å². The highest BCUT2D eigenvalue weighted by Crippen LogP contribution is 2.37. The van der Waals surface area contributed by atoms with Crippen molar-refractivity contribution in [3.8, 4) is 0 Å². The molecule has 0 aliphatic heterocycles. The van der Waals surface area contributed by atoms with Gasteiger partial charge in [-0.3, -0.25) is 9.69 Å². The molecule has 1 heterocycles. The molecule has 0 fully saturated rings. The first-order chi connectivity index (χ1) is 15.0. The highest BCUT2D eigenvalue weighted by molar-refractivity contribution is 8.00. The van der Waals surface area contributed by atoms with E-state index in [1.165, 1.54) is 11.8 Å². The number of nitrogens with zero attached hydrogens (tertiary/aromatic N) is 4. The Balaban J connectivity index is 2.02. The molecule has 6 nitrogen and oxygen atoms in total. The van der Waals surface area contributed by atoms with Crippen molar-refractivity contribution >= 4 is 17.7 Å². The minimum atomic E-state index is -0.507. The van der Waals surface area contributed by atoms with Gasteiger partial charge in [0.1, 0.15) is 5.25 Å². The molecule has 1 aromatic heterocycles. The van der Waals surface area contributed by atoms with Gasteiger partial charge < -0.3 is 9.30 Å². The van der Waals surface area contributed by atoms with E-state index in [1.807, 2.05) is 69.6 Å². The van der Waals surface area contributed by atoms with E-state index < -0.39 is 5.25 Å². The molecule has 0 spiro atoms. The SMILES string of the molecule is CCOC(=O)[C@@H](Sc1nnc([C@@H](CC)N(C)C)n1Cc1ccccc1)c1ccccc1. The number of hydrogen-bond donors (Lipinski definition) is 0. The zero-order valence-electron chi connectivity index (χ0n) is 18.6. The van der Waals surface area contributed by atoms with Crippen LogP contribution in [-0.4, -0.2) is 46.3 Å². The van der Waals surface area contributed by atoms with Crippen molar-refractivity contribution < 1.29 is 9.53 Å². The van der Waals surface area contributed by atoms with Crippen LogP contribution in [0.2, 0.25) is 0 Å². The highest BCUT2D eigenvalue weighted by Gasteiger charge is 2.28. The van der Waals surface area contributed by atoms with Crippen molar-refractivity contribution in [1.29, 1.82) is 0 Å². The lowest BCUT2D eigenvalue weighted by atomic mass is 10.1. The topological polar surface area (TPSA) is 60.2 Å². The summed E-state index contributed by atoms with van der Waals surface area (Å²) >= 11 is 1.39. The predicted molar refractivity (Wildman–Crippen MR) is 124 cm³/mol. The summed E-state index contributed by atoms with van der Waals surface area (Å²) in [6.45, 7) is 4.94. The van der Waals surface area contributed by atoms with Gasteiger partial charge >= 0.3 is 5.97 Å². The van der Waals surface area contributed by atoms with Crippen LogP contribution in [-0.2, 0) is 16.1 Å². The largest absolute Gasteiger partial charge is 0.465 e. The van der Waals surface area contributed by atoms with Gasteiger partial charge in [-0.15, -0.1) is 10.2 Å². The molecule has 3 aromatic rings. The van der Waals surface area contributed by atoms with Gasteiger partial charge in [0.25, 0.3) is 0 Å². The van der Waals surface area contributed by atoms with E-state index in [-0.39, 0.29) is 12.0 Å². The summed E-state index contributed by atoms with van der Waals surface area (Å²) in [5.41, 5.74) is 2.05. The molecule has 0 radical (unpaired) electrons. The van der Waals surface area contributed by atoms with E-state index >= 15 is 0 Å². The third kappa shape index (κ3) is 5.74. The minimum absolute atomic E-state index is 0.128. The van der Waals surface area contributed by atoms with E-state index in [4.69, 9.17) is 4.74 Å². The molecule has 164 valence electrons. The zero-order valence-corrected chi connectivity index (χ0v) is 19.4. The molecule has 2 aromatic carbocycles. The number of carbonyl (C=O) groups is 1. The first kappa shape index (κ1) is 23.0. The summed E-state index contributed by atoms with van der Waals surface area (Å²) < 4.78 is 7.51. The van der Waals surface area contributed by atoms with E-state index in [0.29, 0.717) is 18.3 Å². The molecule has 0 amide bonds. The number of hydrogen-bond acceptors (Lipinski definition) is 6. The Labute approximate surface area is 188 Å². The molecule has 0 bridgehead atoms. The minimum Gasteiger partial charge on any atom is -0.465 e. The Morgan fingerprint density at radius 2 is 1.68 bits per heavy atom. The number of thioether (sulfide) groups is 1. The van der Waals surface area contributed by atoms with Crippen LogP contribution in [0.4, 0.5) is 0 Å². The lowest BCUT2D eigenvalue weighted by molar-refractivity contribution is -0.142. The summed E-state index contributed by atoms with van der Waals surface area (Å²) in [6.07, 6.45) is 0.907. The molecular weight excluding hydrogens is 408 g/mol. The number of benzene rings is 2. The molecule has 7 heteroatoms. The van der Waals surface area contributed by atoms with Crippen LogP contribution in [0.1, 0.15) is 48.5 Å². The molecule has 0 saturated heterocycles. The van der Waals surface area contributed by atoms with E-state index in [1.54, 1.807) is 0 Å². The Morgan fingerprint density at radius 1 is 1.03 bits per heavy atom. The van der Waals surface area contributed by atoms with Crippen LogP contribution in [0.15, 0.2) is 65.8 Å². The smallest absolute Gasteiger partial charge is 0.324 e. The molecule has 0 aliphatic rings. The normalized spacial score (nSPS) is 13.2. The van der Waals surface area contributed by atoms with Crippen molar-refractivity contribution in [2.75, 3.05) is 20.7 Å². The Morgan fingerprint density at radius 3 is 2.26 bits per heavy atom. The van der Waals surface area contributed by atoms with Crippen LogP contribution in [0.3, 0.4) is 0 Å². The highest BCUT2D eigenvalue weighted by atomic mass is 32.2. The van der Waals surface area contributed by atoms with Gasteiger partial charge in [0, 0.05) is 0 Å². The molecule has 0 unspecified atom stereocenters. The van der Waals surface area contributed by atoms with Crippen LogP contribution in [0.5, 0.6) is 0 Å². The van der Waals surface area contributed by atoms with E-state index in [9.17, 15) is 4.79 Å². The van der Waals surface area contributed by atoms with Crippen LogP contribution >= 0.6 is 11.8 Å². The third-order valence-electron chi connectivity index (χ3n) is 5.06. The first-order valence-electron chi connectivity index (χ1n) is 10.6. The second-order valence-electron chi connectivity index (χ2n) is 7.46. The lowest BCUT2D eigenvalue weighted by Gasteiger charge is -2.23. The fourth-order valence-electron chi connectivity index (χ4n) is 3.53. The average Bonchev–Trinajstić information content (AvgIpc) is 3.15. The van der Waals surface area contributed by atoms with Crippen LogP contribution < -0.4 is 0 Å². The van der Waals surface area contributed by atoms with Gasteiger partial charge in [-0.2, -0.15) is 0 Å². The maximum Gasteiger partial charge on any atom is 0.324 e. The van der Waals surface area contributed by atoms with Crippen LogP contribution in [0, 0.1) is 0 Å². The summed E-state index contributed by atoms with van der Waals surface area (Å²) in [5, 5.41) is 9.27. The second-order valence-corrected chi connectivity index (χ2v) is 8.53. The fourth-order valence-corrected chi connectivity index (χ4v) is 4.57. The molecule has 31 heavy (non-hydrogen) atoms. The Kier molecular flexibility index (Phi) is 8.26. The van der Waals surface area contributed by atoms with Gasteiger partial charge in [0.2, 0.25) is 0 Å². The van der Waals surface area contributed by atoms with Crippen molar-refractivity contribution in [1.82, 2.24) is 19.7 Å². The van der Waals surface area contributed by atoms with Gasteiger partial charge in [-0.25, -0.2) is 0 Å². The predicted octanol–water partition coefficient (Wildman–Crippen LogP) is 4.74. The van der Waals surface area contributed by atoms with Gasteiger partial charge in [0.15, 0.2) is 11.0 Å². The third-order valence-corrected chi connectivity index (χ3v) is 6.28. The van der Waals surface area contributed by atoms with Crippen molar-refractivity contribution in [2.24, 2.45) is 0 Å². The standard InChI is InChI=1S/C24H30N4O2S/c1-5-20(27(3)4)22-25-26-24(28(22)17-18-13-9-7-10-14-18)31-21(23(29)30-6-2)19-15-11-8-12-16-19/h7-16,20-21H,5-6,17H2,1-4H3/t20-,21+/m1/s1. The monoisotopic (exact) mass is 438 g/mol. The summed E-state index contributed by atoms with van der Waals surface area (Å²) in [4.78, 5) is 15.0. The number of aromatic nitrogens is 3. The molecule has 0 saturated carbocycles. The van der Waals surface area contributed by atoms with Gasteiger partial charge in [0.05, 0.1) is 19.2 Å². The molecule has 0 aliphatic carbocycles. The number of ether oxygens (including phenoxy) is 1. The Bertz CT molecular complexity index is 960. The summed E-state index contributed by atoms with van der Waals surface area (Å²) in [7, 11) is 4.10. The fraction of sp³-hybridized carbons (Fsp3) is 0.375. The summed E-state index contributed by atoms with van der Waals surface area (Å²) in [6, 6.07) is 20.1. The average molecular weight is 439 g/mol. The summed E-state index contributed by atoms with van der Waals surface area (Å²) in [5.74, 6) is 0.628. The number of esters is 1. The van der Waals surface area contributed by atoms with Gasteiger partial charge in [-0.05, 0) is 38.6 Å². The molecular formula is C24H30N4O2S. The maximum absolute atomic E-state index is 12.8. The van der Waals surface area contributed by atoms with Crippen LogP contribution in [0.25, 0.3) is 0 Å². The number of rotatable bonds is 10. The quantitative estimate of drug-likeness (QED) is 0.337. The second kappa shape index (κ2) is 11.1. The van der Waals surface area contributed by atoms with Crippen molar-refractivity contribution in [2.45, 2.75) is 43.3 Å². The number of carbonyl (C=O) groups excluding carboxylic acids is 1. The molecule has 2 atom stereocenters. The molecule has 0 N–H and O–H groups in total. The van der Waals surface area contributed by atoms with E-state index in [2.05, 4.69) is 38.7 Å². The first-order valence-corrected chi connectivity index (χ1v) is 11.4. The van der Waals surface area contributed by atoms with E-state index in [0.717, 1.165) is 23.4 Å². The lowest BCUT2D eigenvalue weighted by Crippen LogP contribution is -2.23. The molecule has 3 rings (SSSR count). The van der Waals surface area contributed by atoms with Crippen molar-refractivity contribution in [3.63, 3.8) is 0 Å². The Hall–Kier alpha value is -2.64.